The molecule has 0 atom stereocenters. The van der Waals surface area contributed by atoms with E-state index in [1.165, 1.54) is 30.3 Å². The van der Waals surface area contributed by atoms with Crippen LogP contribution < -0.4 is 4.74 Å². The molecule has 0 saturated carbocycles. The lowest BCUT2D eigenvalue weighted by Crippen LogP contribution is -2.17. The van der Waals surface area contributed by atoms with Crippen LogP contribution in [0, 0.1) is 13.8 Å². The van der Waals surface area contributed by atoms with E-state index in [2.05, 4.69) is 0 Å². The molecule has 4 N–H and O–H groups in total. The van der Waals surface area contributed by atoms with Crippen LogP contribution in [0.15, 0.2) is 97.1 Å². The number of para-hydroxylation sites is 1. The number of aryl methyl sites for hydroxylation is 1. The summed E-state index contributed by atoms with van der Waals surface area (Å²) in [5.74, 6) is -3.01. The van der Waals surface area contributed by atoms with Crippen molar-refractivity contribution in [2.24, 2.45) is 0 Å². The van der Waals surface area contributed by atoms with Crippen LogP contribution in [-0.2, 0) is 0 Å². The molecule has 0 aliphatic heterocycles. The number of benzene rings is 5. The van der Waals surface area contributed by atoms with Gasteiger partial charge in [-0.1, -0.05) is 66.7 Å². The van der Waals surface area contributed by atoms with Gasteiger partial charge < -0.3 is 25.2 Å². The molecule has 0 saturated heterocycles. The van der Waals surface area contributed by atoms with Gasteiger partial charge in [-0.15, -0.1) is 0 Å². The number of rotatable bonds is 5. The zero-order valence-corrected chi connectivity index (χ0v) is 22.2. The van der Waals surface area contributed by atoms with Gasteiger partial charge in [-0.2, -0.15) is 0 Å². The number of aromatic hydroxyl groups is 2. The predicted octanol–water partition coefficient (Wildman–Crippen LogP) is 6.84. The molecule has 0 aromatic heterocycles. The number of phenolic OH excluding ortho intramolecular Hbond substituents is 1. The summed E-state index contributed by atoms with van der Waals surface area (Å²) in [6.07, 6.45) is 0. The first-order valence-corrected chi connectivity index (χ1v) is 12.5. The normalized spacial score (nSPS) is 10.4. The molecule has 5 aromatic rings. The molecule has 0 aliphatic rings. The third-order valence-electron chi connectivity index (χ3n) is 6.59. The largest absolute Gasteiger partial charge is 0.508 e. The number of esters is 1. The molecule has 206 valence electrons. The van der Waals surface area contributed by atoms with Crippen LogP contribution in [0.5, 0.6) is 17.2 Å². The standard InChI is InChI=1S/C26H20O5.C7H6O3/c1-15-16(2)23(25(28)29)24(20-11-7-6-10-19(15)20)26(30)31-22-13-12-18(27)14-21(22)17-8-4-3-5-9-17;8-6-4-2-1-3-5(6)7(9)10/h3-14,27H,1-2H3,(H,28,29);1-4,8H,(H,9,10). The highest BCUT2D eigenvalue weighted by Crippen LogP contribution is 2.35. The van der Waals surface area contributed by atoms with Crippen LogP contribution in [0.3, 0.4) is 0 Å². The molecule has 5 rings (SSSR count). The maximum Gasteiger partial charge on any atom is 0.345 e. The predicted molar refractivity (Wildman–Crippen MR) is 154 cm³/mol. The van der Waals surface area contributed by atoms with E-state index in [1.807, 2.05) is 49.4 Å². The van der Waals surface area contributed by atoms with Gasteiger partial charge in [0.25, 0.3) is 0 Å². The average Bonchev–Trinajstić information content (AvgIpc) is 2.96. The second kappa shape index (κ2) is 12.0. The fourth-order valence-corrected chi connectivity index (χ4v) is 4.47. The highest BCUT2D eigenvalue weighted by atomic mass is 16.5. The number of hydrogen-bond acceptors (Lipinski definition) is 6. The average molecular weight is 551 g/mol. The van der Waals surface area contributed by atoms with Gasteiger partial charge in [-0.25, -0.2) is 14.4 Å². The van der Waals surface area contributed by atoms with E-state index < -0.39 is 17.9 Å². The second-order valence-corrected chi connectivity index (χ2v) is 9.11. The number of hydrogen-bond donors (Lipinski definition) is 4. The summed E-state index contributed by atoms with van der Waals surface area (Å²) in [6, 6.07) is 26.6. The Labute approximate surface area is 235 Å². The van der Waals surface area contributed by atoms with Gasteiger partial charge in [0.2, 0.25) is 0 Å². The first-order chi connectivity index (χ1) is 19.6. The summed E-state index contributed by atoms with van der Waals surface area (Å²) in [7, 11) is 0. The number of phenols is 2. The molecular weight excluding hydrogens is 524 g/mol. The van der Waals surface area contributed by atoms with Crippen LogP contribution in [0.4, 0.5) is 0 Å². The maximum absolute atomic E-state index is 13.3. The molecule has 41 heavy (non-hydrogen) atoms. The number of ether oxygens (including phenoxy) is 1. The SMILES string of the molecule is Cc1c(C(=O)O)c(C(=O)Oc2ccc(O)cc2-c2ccccc2)c2ccccc2c1C.O=C(O)c1ccccc1O. The number of carboxylic acids is 2. The van der Waals surface area contributed by atoms with Crippen LogP contribution in [-0.4, -0.2) is 38.3 Å². The van der Waals surface area contributed by atoms with Crippen molar-refractivity contribution < 1.29 is 39.5 Å². The summed E-state index contributed by atoms with van der Waals surface area (Å²) in [4.78, 5) is 35.7. The lowest BCUT2D eigenvalue weighted by atomic mass is 9.90. The third-order valence-corrected chi connectivity index (χ3v) is 6.59. The van der Waals surface area contributed by atoms with Crippen molar-refractivity contribution in [2.45, 2.75) is 13.8 Å². The molecule has 0 heterocycles. The number of aromatic carboxylic acids is 2. The van der Waals surface area contributed by atoms with E-state index in [9.17, 15) is 24.6 Å². The second-order valence-electron chi connectivity index (χ2n) is 9.11. The van der Waals surface area contributed by atoms with Gasteiger partial charge in [0.15, 0.2) is 0 Å². The Morgan fingerprint density at radius 2 is 1.24 bits per heavy atom. The monoisotopic (exact) mass is 550 g/mol. The van der Waals surface area contributed by atoms with Crippen LogP contribution in [0.25, 0.3) is 21.9 Å². The topological polar surface area (TPSA) is 141 Å². The fraction of sp³-hybridized carbons (Fsp3) is 0.0606. The zero-order valence-electron chi connectivity index (χ0n) is 22.2. The van der Waals surface area contributed by atoms with Crippen LogP contribution in [0.1, 0.15) is 42.2 Å². The van der Waals surface area contributed by atoms with E-state index in [4.69, 9.17) is 14.9 Å². The number of fused-ring (bicyclic) bond motifs is 1. The molecule has 5 aromatic carbocycles. The highest BCUT2D eigenvalue weighted by Gasteiger charge is 2.26. The molecule has 0 unspecified atom stereocenters. The van der Waals surface area contributed by atoms with E-state index >= 15 is 0 Å². The molecule has 0 radical (unpaired) electrons. The molecule has 0 bridgehead atoms. The van der Waals surface area contributed by atoms with Gasteiger partial charge in [-0.05, 0) is 71.6 Å². The highest BCUT2D eigenvalue weighted by molar-refractivity contribution is 6.14. The van der Waals surface area contributed by atoms with Gasteiger partial charge in [0.05, 0.1) is 11.1 Å². The smallest absolute Gasteiger partial charge is 0.345 e. The number of carbonyl (C=O) groups is 3. The van der Waals surface area contributed by atoms with Gasteiger partial charge in [0, 0.05) is 5.56 Å². The van der Waals surface area contributed by atoms with Crippen LogP contribution in [0.2, 0.25) is 0 Å². The minimum atomic E-state index is -1.19. The first kappa shape index (κ1) is 28.4. The minimum Gasteiger partial charge on any atom is -0.508 e. The van der Waals surface area contributed by atoms with Crippen molar-refractivity contribution in [1.29, 1.82) is 0 Å². The Morgan fingerprint density at radius 3 is 1.85 bits per heavy atom. The molecule has 0 amide bonds. The van der Waals surface area contributed by atoms with Crippen molar-refractivity contribution in [3.63, 3.8) is 0 Å². The Bertz CT molecular complexity index is 1770. The van der Waals surface area contributed by atoms with Gasteiger partial charge in [-0.3, -0.25) is 0 Å². The van der Waals surface area contributed by atoms with Crippen molar-refractivity contribution in [3.8, 4) is 28.4 Å². The molecule has 8 heteroatoms. The zero-order chi connectivity index (χ0) is 29.7. The number of carboxylic acid groups (broad SMARTS) is 2. The Balaban J connectivity index is 0.000000328. The minimum absolute atomic E-state index is 0.0123. The molecule has 0 aliphatic carbocycles. The van der Waals surface area contributed by atoms with E-state index in [0.29, 0.717) is 16.5 Å². The molecular formula is C33H26O8. The van der Waals surface area contributed by atoms with E-state index in [-0.39, 0.29) is 33.9 Å². The molecule has 0 fully saturated rings. The summed E-state index contributed by atoms with van der Waals surface area (Å²) in [6.45, 7) is 3.53. The third kappa shape index (κ3) is 6.02. The Kier molecular flexibility index (Phi) is 8.34. The quantitative estimate of drug-likeness (QED) is 0.138. The lowest BCUT2D eigenvalue weighted by molar-refractivity contribution is 0.0668. The summed E-state index contributed by atoms with van der Waals surface area (Å²) >= 11 is 0. The van der Waals surface area contributed by atoms with Crippen molar-refractivity contribution in [1.82, 2.24) is 0 Å². The van der Waals surface area contributed by atoms with Gasteiger partial charge in [0.1, 0.15) is 22.8 Å². The fourth-order valence-electron chi connectivity index (χ4n) is 4.47. The molecule has 0 spiro atoms. The lowest BCUT2D eigenvalue weighted by Gasteiger charge is -2.17. The van der Waals surface area contributed by atoms with Crippen molar-refractivity contribution in [3.05, 3.63) is 125 Å². The first-order valence-electron chi connectivity index (χ1n) is 12.5. The maximum atomic E-state index is 13.3. The van der Waals surface area contributed by atoms with E-state index in [1.54, 1.807) is 31.2 Å². The molecule has 8 nitrogen and oxygen atoms in total. The summed E-state index contributed by atoms with van der Waals surface area (Å²) in [5.41, 5.74) is 2.48. The summed E-state index contributed by atoms with van der Waals surface area (Å²) in [5, 5.41) is 38.5. The van der Waals surface area contributed by atoms with Crippen LogP contribution >= 0.6 is 0 Å². The van der Waals surface area contributed by atoms with E-state index in [0.717, 1.165) is 16.5 Å². The van der Waals surface area contributed by atoms with Crippen molar-refractivity contribution >= 4 is 28.7 Å². The van der Waals surface area contributed by atoms with Gasteiger partial charge >= 0.3 is 17.9 Å². The Morgan fingerprint density at radius 1 is 0.634 bits per heavy atom. The summed E-state index contributed by atoms with van der Waals surface area (Å²) < 4.78 is 5.72. The number of carbonyl (C=O) groups excluding carboxylic acids is 1. The van der Waals surface area contributed by atoms with Crippen molar-refractivity contribution in [2.75, 3.05) is 0 Å². The Hall–Kier alpha value is -5.63.